The fraction of sp³-hybridized carbons (Fsp3) is 0.786. The van der Waals surface area contributed by atoms with Crippen LogP contribution in [0.5, 0.6) is 0 Å². The fourth-order valence-electron chi connectivity index (χ4n) is 3.00. The molecule has 25 heavy (non-hydrogen) atoms. The van der Waals surface area contributed by atoms with Gasteiger partial charge in [-0.05, 0) is 43.7 Å². The molecular weight excluding hydrogens is 339 g/mol. The first-order valence-electron chi connectivity index (χ1n) is 8.23. The molecular formula is C14H20F3N7O. The van der Waals surface area contributed by atoms with Gasteiger partial charge in [-0.15, -0.1) is 15.3 Å². The second-order valence-corrected chi connectivity index (χ2v) is 6.44. The Morgan fingerprint density at radius 3 is 2.72 bits per heavy atom. The molecule has 8 nitrogen and oxygen atoms in total. The maximum Gasteiger partial charge on any atom is 0.397 e. The van der Waals surface area contributed by atoms with Crippen LogP contribution < -0.4 is 0 Å². The van der Waals surface area contributed by atoms with E-state index in [1.165, 1.54) is 0 Å². The predicted molar refractivity (Wildman–Crippen MR) is 79.3 cm³/mol. The molecule has 0 aliphatic carbocycles. The minimum Gasteiger partial charge on any atom is -0.423 e. The Balaban J connectivity index is 1.76. The Labute approximate surface area is 142 Å². The number of hydrogen-bond donors (Lipinski definition) is 0. The maximum absolute atomic E-state index is 12.5. The Morgan fingerprint density at radius 1 is 1.20 bits per heavy atom. The van der Waals surface area contributed by atoms with E-state index in [-0.39, 0.29) is 18.0 Å². The zero-order valence-corrected chi connectivity index (χ0v) is 14.1. The van der Waals surface area contributed by atoms with Crippen LogP contribution in [0.2, 0.25) is 0 Å². The number of hydrogen-bond acceptors (Lipinski definition) is 7. The first-order chi connectivity index (χ1) is 11.8. The molecule has 138 valence electrons. The van der Waals surface area contributed by atoms with Crippen LogP contribution in [0, 0.1) is 0 Å². The summed E-state index contributed by atoms with van der Waals surface area (Å²) in [5.41, 5.74) is 0. The molecule has 0 unspecified atom stereocenters. The van der Waals surface area contributed by atoms with Gasteiger partial charge >= 0.3 is 6.18 Å². The van der Waals surface area contributed by atoms with Crippen LogP contribution in [0.3, 0.4) is 0 Å². The number of likely N-dealkylation sites (tertiary alicyclic amines) is 1. The average molecular weight is 359 g/mol. The first-order valence-corrected chi connectivity index (χ1v) is 8.23. The molecule has 0 bridgehead atoms. The SMILES string of the molecule is CC(C)n1nnnc1CN1CCCC[C@H]1c1nnc(CC(F)(F)F)o1. The van der Waals surface area contributed by atoms with E-state index in [0.29, 0.717) is 12.4 Å². The molecule has 1 aliphatic heterocycles. The molecule has 0 radical (unpaired) electrons. The highest BCUT2D eigenvalue weighted by Crippen LogP contribution is 2.32. The summed E-state index contributed by atoms with van der Waals surface area (Å²) >= 11 is 0. The second-order valence-electron chi connectivity index (χ2n) is 6.44. The van der Waals surface area contributed by atoms with E-state index in [9.17, 15) is 13.2 Å². The van der Waals surface area contributed by atoms with E-state index in [2.05, 4.69) is 30.6 Å². The van der Waals surface area contributed by atoms with Crippen molar-refractivity contribution in [2.75, 3.05) is 6.54 Å². The summed E-state index contributed by atoms with van der Waals surface area (Å²) < 4.78 is 44.5. The van der Waals surface area contributed by atoms with Crippen molar-refractivity contribution >= 4 is 0 Å². The molecule has 11 heteroatoms. The third kappa shape index (κ3) is 4.33. The summed E-state index contributed by atoms with van der Waals surface area (Å²) in [6.45, 7) is 5.21. The highest BCUT2D eigenvalue weighted by molar-refractivity contribution is 4.96. The van der Waals surface area contributed by atoms with E-state index in [1.807, 2.05) is 13.8 Å². The molecule has 3 heterocycles. The fourth-order valence-corrected chi connectivity index (χ4v) is 3.00. The van der Waals surface area contributed by atoms with Crippen LogP contribution >= 0.6 is 0 Å². The summed E-state index contributed by atoms with van der Waals surface area (Å²) in [7, 11) is 0. The van der Waals surface area contributed by atoms with Gasteiger partial charge in [-0.2, -0.15) is 13.2 Å². The van der Waals surface area contributed by atoms with Gasteiger partial charge in [0, 0.05) is 0 Å². The van der Waals surface area contributed by atoms with Crippen molar-refractivity contribution in [3.05, 3.63) is 17.6 Å². The lowest BCUT2D eigenvalue weighted by Gasteiger charge is -2.32. The zero-order chi connectivity index (χ0) is 18.0. The Bertz CT molecular complexity index is 697. The molecule has 2 aromatic rings. The van der Waals surface area contributed by atoms with E-state index in [4.69, 9.17) is 4.42 Å². The Hall–Kier alpha value is -2.04. The van der Waals surface area contributed by atoms with E-state index >= 15 is 0 Å². The molecule has 3 rings (SSSR count). The number of nitrogens with zero attached hydrogens (tertiary/aromatic N) is 7. The van der Waals surface area contributed by atoms with Gasteiger partial charge < -0.3 is 4.42 Å². The summed E-state index contributed by atoms with van der Waals surface area (Å²) in [6, 6.07) is -0.101. The smallest absolute Gasteiger partial charge is 0.397 e. The second kappa shape index (κ2) is 7.06. The molecule has 1 saturated heterocycles. The number of rotatable bonds is 5. The van der Waals surface area contributed by atoms with Gasteiger partial charge in [-0.25, -0.2) is 4.68 Å². The van der Waals surface area contributed by atoms with E-state index in [0.717, 1.165) is 25.8 Å². The molecule has 0 spiro atoms. The van der Waals surface area contributed by atoms with Gasteiger partial charge in [0.25, 0.3) is 0 Å². The number of tetrazole rings is 1. The summed E-state index contributed by atoms with van der Waals surface area (Å²) in [4.78, 5) is 2.08. The maximum atomic E-state index is 12.5. The third-order valence-corrected chi connectivity index (χ3v) is 4.13. The molecule has 2 aromatic heterocycles. The van der Waals surface area contributed by atoms with Crippen molar-refractivity contribution in [2.24, 2.45) is 0 Å². The van der Waals surface area contributed by atoms with Gasteiger partial charge in [0.1, 0.15) is 6.42 Å². The average Bonchev–Trinajstić information content (AvgIpc) is 3.15. The quantitative estimate of drug-likeness (QED) is 0.810. The lowest BCUT2D eigenvalue weighted by molar-refractivity contribution is -0.131. The minimum absolute atomic E-state index is 0.120. The van der Waals surface area contributed by atoms with Crippen LogP contribution in [0.1, 0.15) is 62.8 Å². The monoisotopic (exact) mass is 359 g/mol. The van der Waals surface area contributed by atoms with Gasteiger partial charge in [0.2, 0.25) is 11.8 Å². The number of aromatic nitrogens is 6. The van der Waals surface area contributed by atoms with Crippen molar-refractivity contribution in [3.8, 4) is 0 Å². The topological polar surface area (TPSA) is 85.8 Å². The van der Waals surface area contributed by atoms with Gasteiger partial charge in [0.15, 0.2) is 5.82 Å². The van der Waals surface area contributed by atoms with Gasteiger partial charge in [0.05, 0.1) is 18.6 Å². The van der Waals surface area contributed by atoms with Crippen LogP contribution in [-0.4, -0.2) is 48.0 Å². The first kappa shape index (κ1) is 17.8. The molecule has 1 fully saturated rings. The zero-order valence-electron chi connectivity index (χ0n) is 14.1. The molecule has 1 aliphatic rings. The van der Waals surface area contributed by atoms with Crippen molar-refractivity contribution in [1.82, 2.24) is 35.3 Å². The van der Waals surface area contributed by atoms with Crippen LogP contribution in [0.4, 0.5) is 13.2 Å². The highest BCUT2D eigenvalue weighted by atomic mass is 19.4. The molecule has 1 atom stereocenters. The number of piperidine rings is 1. The number of alkyl halides is 3. The lowest BCUT2D eigenvalue weighted by Crippen LogP contribution is -2.34. The van der Waals surface area contributed by atoms with Crippen LogP contribution in [0.25, 0.3) is 0 Å². The van der Waals surface area contributed by atoms with Gasteiger partial charge in [-0.1, -0.05) is 6.42 Å². The lowest BCUT2D eigenvalue weighted by atomic mass is 10.0. The summed E-state index contributed by atoms with van der Waals surface area (Å²) in [5.74, 6) is 0.527. The van der Waals surface area contributed by atoms with E-state index < -0.39 is 18.5 Å². The third-order valence-electron chi connectivity index (χ3n) is 4.13. The molecule has 0 saturated carbocycles. The van der Waals surface area contributed by atoms with Gasteiger partial charge in [-0.3, -0.25) is 4.90 Å². The molecule has 0 amide bonds. The highest BCUT2D eigenvalue weighted by Gasteiger charge is 2.34. The standard InChI is InChI=1S/C14H20F3N7O/c1-9(2)24-11(18-21-22-24)8-23-6-4-3-5-10(23)13-20-19-12(25-13)7-14(15,16)17/h9-10H,3-8H2,1-2H3/t10-/m0/s1. The Morgan fingerprint density at radius 2 is 2.00 bits per heavy atom. The van der Waals surface area contributed by atoms with Crippen molar-refractivity contribution in [2.45, 2.75) is 64.3 Å². The minimum atomic E-state index is -4.37. The predicted octanol–water partition coefficient (Wildman–Crippen LogP) is 2.47. The van der Waals surface area contributed by atoms with Crippen LogP contribution in [-0.2, 0) is 13.0 Å². The molecule has 0 N–H and O–H groups in total. The number of halogens is 3. The summed E-state index contributed by atoms with van der Waals surface area (Å²) in [5, 5.41) is 19.1. The van der Waals surface area contributed by atoms with Crippen molar-refractivity contribution in [1.29, 1.82) is 0 Å². The Kier molecular flexibility index (Phi) is 5.02. The van der Waals surface area contributed by atoms with Crippen molar-refractivity contribution < 1.29 is 17.6 Å². The van der Waals surface area contributed by atoms with Crippen molar-refractivity contribution in [3.63, 3.8) is 0 Å². The summed E-state index contributed by atoms with van der Waals surface area (Å²) in [6.07, 6.45) is -2.89. The largest absolute Gasteiger partial charge is 0.423 e. The normalized spacial score (nSPS) is 19.7. The van der Waals surface area contributed by atoms with Crippen LogP contribution in [0.15, 0.2) is 4.42 Å². The van der Waals surface area contributed by atoms with E-state index in [1.54, 1.807) is 4.68 Å². The molecule has 0 aromatic carbocycles.